The van der Waals surface area contributed by atoms with Gasteiger partial charge in [0.05, 0.1) is 24.1 Å². The topological polar surface area (TPSA) is 75.0 Å². The van der Waals surface area contributed by atoms with Crippen molar-refractivity contribution in [1.29, 1.82) is 5.26 Å². The van der Waals surface area contributed by atoms with Crippen molar-refractivity contribution in [2.45, 2.75) is 18.4 Å². The van der Waals surface area contributed by atoms with Gasteiger partial charge in [0, 0.05) is 34.4 Å². The van der Waals surface area contributed by atoms with Crippen molar-refractivity contribution in [1.82, 2.24) is 4.98 Å². The molecule has 0 bridgehead atoms. The van der Waals surface area contributed by atoms with Gasteiger partial charge in [-0.2, -0.15) is 5.26 Å². The van der Waals surface area contributed by atoms with E-state index in [1.165, 1.54) is 18.9 Å². The maximum Gasteiger partial charge on any atom is 0.225 e. The lowest BCUT2D eigenvalue weighted by molar-refractivity contribution is -0.115. The lowest BCUT2D eigenvalue weighted by Crippen LogP contribution is -2.13. The highest BCUT2D eigenvalue weighted by Gasteiger charge is 2.17. The van der Waals surface area contributed by atoms with Crippen LogP contribution in [-0.2, 0) is 4.79 Å². The molecule has 36 heavy (non-hydrogen) atoms. The standard InChI is InChI=1S/C29H24ClN3O2S/c1-19-15-26(27(35-2)17-24(19)30)32-28(34)13-14-36-29-23(18-31)22(20-9-5-3-6-10-20)16-25(33-29)21-11-7-4-8-12-21/h3-12,15-17H,13-14H2,1-2H3,(H,32,34). The highest BCUT2D eigenvalue weighted by molar-refractivity contribution is 7.99. The second kappa shape index (κ2) is 11.8. The Morgan fingerprint density at radius 3 is 2.36 bits per heavy atom. The molecule has 0 radical (unpaired) electrons. The number of aryl methyl sites for hydroxylation is 1. The van der Waals surface area contributed by atoms with E-state index in [0.717, 1.165) is 27.9 Å². The Kier molecular flexibility index (Phi) is 8.27. The van der Waals surface area contributed by atoms with Crippen molar-refractivity contribution in [3.05, 3.63) is 95.0 Å². The van der Waals surface area contributed by atoms with Crippen LogP contribution in [0.2, 0.25) is 5.02 Å². The molecule has 1 amide bonds. The Bertz CT molecular complexity index is 1420. The minimum Gasteiger partial charge on any atom is -0.495 e. The van der Waals surface area contributed by atoms with E-state index in [-0.39, 0.29) is 12.3 Å². The maximum absolute atomic E-state index is 12.7. The number of carbonyl (C=O) groups is 1. The fourth-order valence-corrected chi connectivity index (χ4v) is 4.82. The monoisotopic (exact) mass is 513 g/mol. The molecule has 0 fully saturated rings. The average molecular weight is 514 g/mol. The van der Waals surface area contributed by atoms with E-state index >= 15 is 0 Å². The number of aromatic nitrogens is 1. The summed E-state index contributed by atoms with van der Waals surface area (Å²) in [4.78, 5) is 17.5. The SMILES string of the molecule is COc1cc(Cl)c(C)cc1NC(=O)CCSc1nc(-c2ccccc2)cc(-c2ccccc2)c1C#N. The average Bonchev–Trinajstić information content (AvgIpc) is 2.91. The molecule has 3 aromatic carbocycles. The second-order valence-electron chi connectivity index (χ2n) is 8.03. The number of thioether (sulfide) groups is 1. The van der Waals surface area contributed by atoms with Gasteiger partial charge in [0.2, 0.25) is 5.91 Å². The van der Waals surface area contributed by atoms with Gasteiger partial charge in [-0.15, -0.1) is 11.8 Å². The van der Waals surface area contributed by atoms with Gasteiger partial charge in [0.15, 0.2) is 0 Å². The number of anilines is 1. The van der Waals surface area contributed by atoms with Crippen molar-refractivity contribution < 1.29 is 9.53 Å². The van der Waals surface area contributed by atoms with E-state index in [0.29, 0.717) is 32.8 Å². The van der Waals surface area contributed by atoms with Crippen LogP contribution >= 0.6 is 23.4 Å². The molecule has 0 saturated heterocycles. The summed E-state index contributed by atoms with van der Waals surface area (Å²) in [6, 6.07) is 27.4. The van der Waals surface area contributed by atoms with E-state index in [9.17, 15) is 10.1 Å². The number of hydrogen-bond acceptors (Lipinski definition) is 5. The summed E-state index contributed by atoms with van der Waals surface area (Å²) in [5, 5.41) is 14.1. The van der Waals surface area contributed by atoms with Gasteiger partial charge in [-0.1, -0.05) is 72.3 Å². The summed E-state index contributed by atoms with van der Waals surface area (Å²) >= 11 is 7.56. The van der Waals surface area contributed by atoms with E-state index < -0.39 is 0 Å². The number of hydrogen-bond donors (Lipinski definition) is 1. The van der Waals surface area contributed by atoms with Gasteiger partial charge in [-0.05, 0) is 30.2 Å². The van der Waals surface area contributed by atoms with Crippen molar-refractivity contribution in [2.24, 2.45) is 0 Å². The molecule has 0 spiro atoms. The van der Waals surface area contributed by atoms with E-state index in [4.69, 9.17) is 21.3 Å². The number of nitriles is 1. The predicted molar refractivity (Wildman–Crippen MR) is 147 cm³/mol. The molecule has 1 heterocycles. The molecule has 1 aromatic heterocycles. The molecular formula is C29H24ClN3O2S. The zero-order valence-corrected chi connectivity index (χ0v) is 21.5. The van der Waals surface area contributed by atoms with Gasteiger partial charge in [0.25, 0.3) is 0 Å². The lowest BCUT2D eigenvalue weighted by Gasteiger charge is -2.13. The summed E-state index contributed by atoms with van der Waals surface area (Å²) in [5.74, 6) is 0.793. The van der Waals surface area contributed by atoms with Crippen LogP contribution in [0.4, 0.5) is 5.69 Å². The number of nitrogens with zero attached hydrogens (tertiary/aromatic N) is 2. The van der Waals surface area contributed by atoms with Gasteiger partial charge in [0.1, 0.15) is 16.8 Å². The Morgan fingerprint density at radius 2 is 1.72 bits per heavy atom. The number of carbonyl (C=O) groups excluding carboxylic acids is 1. The highest BCUT2D eigenvalue weighted by atomic mass is 35.5. The van der Waals surface area contributed by atoms with Crippen LogP contribution in [0.5, 0.6) is 5.75 Å². The number of amides is 1. The van der Waals surface area contributed by atoms with Crippen molar-refractivity contribution in [2.75, 3.05) is 18.2 Å². The summed E-state index contributed by atoms with van der Waals surface area (Å²) in [5.41, 5.74) is 5.42. The van der Waals surface area contributed by atoms with Crippen LogP contribution in [0.25, 0.3) is 22.4 Å². The minimum absolute atomic E-state index is 0.163. The first-order valence-corrected chi connectivity index (χ1v) is 12.7. The molecule has 0 aliphatic heterocycles. The van der Waals surface area contributed by atoms with E-state index in [1.54, 1.807) is 12.1 Å². The third-order valence-corrected chi connectivity index (χ3v) is 6.96. The molecule has 0 saturated carbocycles. The number of benzene rings is 3. The first-order valence-electron chi connectivity index (χ1n) is 11.3. The molecule has 5 nitrogen and oxygen atoms in total. The van der Waals surface area contributed by atoms with Gasteiger partial charge in [-0.3, -0.25) is 4.79 Å². The fourth-order valence-electron chi connectivity index (χ4n) is 3.72. The zero-order chi connectivity index (χ0) is 25.5. The van der Waals surface area contributed by atoms with Crippen LogP contribution in [0.3, 0.4) is 0 Å². The normalized spacial score (nSPS) is 10.5. The Labute approximate surface area is 220 Å². The maximum atomic E-state index is 12.7. The lowest BCUT2D eigenvalue weighted by atomic mass is 9.99. The number of ether oxygens (including phenoxy) is 1. The molecular weight excluding hydrogens is 490 g/mol. The Balaban J connectivity index is 1.57. The second-order valence-corrected chi connectivity index (χ2v) is 9.52. The summed E-state index contributed by atoms with van der Waals surface area (Å²) in [7, 11) is 1.53. The van der Waals surface area contributed by atoms with Crippen LogP contribution in [0.15, 0.2) is 83.9 Å². The van der Waals surface area contributed by atoms with Crippen molar-refractivity contribution >= 4 is 35.0 Å². The Hall–Kier alpha value is -3.79. The van der Waals surface area contributed by atoms with Crippen LogP contribution in [0, 0.1) is 18.3 Å². The fraction of sp³-hybridized carbons (Fsp3) is 0.138. The van der Waals surface area contributed by atoms with Crippen LogP contribution < -0.4 is 10.1 Å². The molecule has 1 N–H and O–H groups in total. The highest BCUT2D eigenvalue weighted by Crippen LogP contribution is 2.35. The minimum atomic E-state index is -0.163. The summed E-state index contributed by atoms with van der Waals surface area (Å²) in [6.45, 7) is 1.87. The molecule has 0 unspecified atom stereocenters. The van der Waals surface area contributed by atoms with Crippen LogP contribution in [-0.4, -0.2) is 23.8 Å². The van der Waals surface area contributed by atoms with Gasteiger partial charge >= 0.3 is 0 Å². The van der Waals surface area contributed by atoms with E-state index in [2.05, 4.69) is 11.4 Å². The molecule has 0 aliphatic rings. The van der Waals surface area contributed by atoms with Gasteiger partial charge < -0.3 is 10.1 Å². The van der Waals surface area contributed by atoms with E-state index in [1.807, 2.05) is 73.7 Å². The largest absolute Gasteiger partial charge is 0.495 e. The van der Waals surface area contributed by atoms with Gasteiger partial charge in [-0.25, -0.2) is 4.98 Å². The zero-order valence-electron chi connectivity index (χ0n) is 19.9. The third kappa shape index (κ3) is 5.88. The molecule has 4 aromatic rings. The number of nitrogens with one attached hydrogen (secondary N) is 1. The molecule has 0 atom stereocenters. The first kappa shape index (κ1) is 25.3. The smallest absolute Gasteiger partial charge is 0.225 e. The summed E-state index contributed by atoms with van der Waals surface area (Å²) < 4.78 is 5.35. The third-order valence-electron chi connectivity index (χ3n) is 5.58. The van der Waals surface area contributed by atoms with Crippen molar-refractivity contribution in [3.63, 3.8) is 0 Å². The number of halogens is 1. The Morgan fingerprint density at radius 1 is 1.06 bits per heavy atom. The predicted octanol–water partition coefficient (Wildman–Crippen LogP) is 7.38. The molecule has 7 heteroatoms. The summed E-state index contributed by atoms with van der Waals surface area (Å²) in [6.07, 6.45) is 0.234. The number of methoxy groups -OCH3 is 1. The molecule has 4 rings (SSSR count). The van der Waals surface area contributed by atoms with Crippen LogP contribution in [0.1, 0.15) is 17.5 Å². The quantitative estimate of drug-likeness (QED) is 0.249. The number of pyridine rings is 1. The number of rotatable bonds is 8. The molecule has 0 aliphatic carbocycles. The molecule has 180 valence electrons. The van der Waals surface area contributed by atoms with Crippen molar-refractivity contribution in [3.8, 4) is 34.2 Å². The first-order chi connectivity index (χ1) is 17.5.